The lowest BCUT2D eigenvalue weighted by atomic mass is 10.1. The van der Waals surface area contributed by atoms with Crippen LogP contribution in [0.15, 0.2) is 4.90 Å². The molecule has 2 fully saturated rings. The number of hydrogen-bond acceptors (Lipinski definition) is 4. The number of halogens is 1. The van der Waals surface area contributed by atoms with Gasteiger partial charge in [0.25, 0.3) is 15.0 Å². The Balaban J connectivity index is 1.79. The summed E-state index contributed by atoms with van der Waals surface area (Å²) in [6.07, 6.45) is 4.18. The molecule has 2 N–H and O–H groups in total. The Hall–Kier alpha value is -1.08. The number of nitrogens with zero attached hydrogens (tertiary/aromatic N) is 1. The fourth-order valence-electron chi connectivity index (χ4n) is 2.56. The molecule has 0 spiro atoms. The van der Waals surface area contributed by atoms with Crippen molar-refractivity contribution in [2.45, 2.75) is 43.4 Å². The van der Waals surface area contributed by atoms with Crippen LogP contribution >= 0.6 is 10.7 Å². The van der Waals surface area contributed by atoms with Crippen LogP contribution in [0.2, 0.25) is 0 Å². The Morgan fingerprint density at radius 3 is 2.62 bits per heavy atom. The lowest BCUT2D eigenvalue weighted by Gasteiger charge is -2.10. The predicted molar refractivity (Wildman–Crippen MR) is 77.8 cm³/mol. The predicted octanol–water partition coefficient (Wildman–Crippen LogP) is 1.99. The highest BCUT2D eigenvalue weighted by molar-refractivity contribution is 8.13. The van der Waals surface area contributed by atoms with Crippen molar-refractivity contribution in [2.24, 2.45) is 11.8 Å². The maximum atomic E-state index is 12.2. The summed E-state index contributed by atoms with van der Waals surface area (Å²) in [6.45, 7) is 2.61. The van der Waals surface area contributed by atoms with Gasteiger partial charge in [0, 0.05) is 23.1 Å². The highest BCUT2D eigenvalue weighted by atomic mass is 35.7. The summed E-state index contributed by atoms with van der Waals surface area (Å²) in [5.41, 5.74) is 0.347. The summed E-state index contributed by atoms with van der Waals surface area (Å²) in [5.74, 6) is 0.701. The Morgan fingerprint density at radius 1 is 1.43 bits per heavy atom. The lowest BCUT2D eigenvalue weighted by Crippen LogP contribution is -2.30. The first-order valence-electron chi connectivity index (χ1n) is 7.19. The molecule has 1 amide bonds. The van der Waals surface area contributed by atoms with Gasteiger partial charge in [-0.05, 0) is 37.5 Å². The molecule has 2 aliphatic rings. The number of aromatic nitrogens is 2. The van der Waals surface area contributed by atoms with Gasteiger partial charge in [-0.1, -0.05) is 6.92 Å². The zero-order valence-electron chi connectivity index (χ0n) is 11.7. The maximum Gasteiger partial charge on any atom is 0.273 e. The van der Waals surface area contributed by atoms with Gasteiger partial charge in [0.15, 0.2) is 5.69 Å². The lowest BCUT2D eigenvalue weighted by molar-refractivity contribution is 0.0938. The Labute approximate surface area is 128 Å². The van der Waals surface area contributed by atoms with Crippen LogP contribution in [0.3, 0.4) is 0 Å². The molecule has 2 saturated carbocycles. The normalized spacial score (nSPS) is 20.3. The van der Waals surface area contributed by atoms with Crippen LogP contribution in [0.5, 0.6) is 0 Å². The van der Waals surface area contributed by atoms with E-state index in [1.807, 2.05) is 0 Å². The second-order valence-corrected chi connectivity index (χ2v) is 8.55. The SMILES string of the molecule is CC(CNC(=O)c1n[nH]c(C2CC2)c1S(=O)(=O)Cl)C1CC1. The van der Waals surface area contributed by atoms with Crippen molar-refractivity contribution in [1.82, 2.24) is 15.5 Å². The summed E-state index contributed by atoms with van der Waals surface area (Å²) >= 11 is 0. The Morgan fingerprint density at radius 2 is 2.10 bits per heavy atom. The third-order valence-electron chi connectivity index (χ3n) is 4.20. The number of aromatic amines is 1. The van der Waals surface area contributed by atoms with Crippen molar-refractivity contribution in [2.75, 3.05) is 6.54 Å². The molecule has 0 saturated heterocycles. The van der Waals surface area contributed by atoms with Gasteiger partial charge in [0.05, 0.1) is 5.69 Å². The minimum atomic E-state index is -4.00. The summed E-state index contributed by atoms with van der Waals surface area (Å²) in [7, 11) is 1.49. The van der Waals surface area contributed by atoms with Crippen LogP contribution in [0.4, 0.5) is 0 Å². The smallest absolute Gasteiger partial charge is 0.273 e. The molecule has 116 valence electrons. The summed E-state index contributed by atoms with van der Waals surface area (Å²) in [4.78, 5) is 12.0. The highest BCUT2D eigenvalue weighted by Crippen LogP contribution is 2.43. The van der Waals surface area contributed by atoms with Crippen molar-refractivity contribution in [3.05, 3.63) is 11.4 Å². The van der Waals surface area contributed by atoms with Gasteiger partial charge in [0.1, 0.15) is 4.90 Å². The monoisotopic (exact) mass is 331 g/mol. The summed E-state index contributed by atoms with van der Waals surface area (Å²) in [6, 6.07) is 0. The second kappa shape index (κ2) is 5.28. The van der Waals surface area contributed by atoms with Gasteiger partial charge in [-0.3, -0.25) is 9.89 Å². The Bertz CT molecular complexity index is 662. The molecule has 21 heavy (non-hydrogen) atoms. The minimum absolute atomic E-state index is 0.116. The molecule has 0 aliphatic heterocycles. The van der Waals surface area contributed by atoms with Crippen LogP contribution < -0.4 is 5.32 Å². The quantitative estimate of drug-likeness (QED) is 0.780. The zero-order chi connectivity index (χ0) is 15.2. The van der Waals surface area contributed by atoms with E-state index in [0.29, 0.717) is 24.1 Å². The van der Waals surface area contributed by atoms with E-state index in [4.69, 9.17) is 10.7 Å². The first-order chi connectivity index (χ1) is 9.88. The van der Waals surface area contributed by atoms with E-state index in [1.165, 1.54) is 12.8 Å². The molecule has 2 aliphatic carbocycles. The van der Waals surface area contributed by atoms with Gasteiger partial charge < -0.3 is 5.32 Å². The number of amides is 1. The molecule has 1 aromatic heterocycles. The molecule has 1 aromatic rings. The van der Waals surface area contributed by atoms with E-state index in [0.717, 1.165) is 12.8 Å². The standard InChI is InChI=1S/C13H18ClN3O3S/c1-7(8-2-3-8)6-15-13(18)11-12(21(14,19)20)10(16-17-11)9-4-5-9/h7-9H,2-6H2,1H3,(H,15,18)(H,16,17). The molecule has 3 rings (SSSR count). The van der Waals surface area contributed by atoms with Crippen molar-refractivity contribution in [3.63, 3.8) is 0 Å². The second-order valence-electron chi connectivity index (χ2n) is 6.05. The van der Waals surface area contributed by atoms with Crippen molar-refractivity contribution in [3.8, 4) is 0 Å². The third-order valence-corrected chi connectivity index (χ3v) is 5.57. The molecule has 0 aromatic carbocycles. The van der Waals surface area contributed by atoms with E-state index >= 15 is 0 Å². The molecule has 0 bridgehead atoms. The Kier molecular flexibility index (Phi) is 3.73. The van der Waals surface area contributed by atoms with Crippen molar-refractivity contribution in [1.29, 1.82) is 0 Å². The van der Waals surface area contributed by atoms with Crippen molar-refractivity contribution < 1.29 is 13.2 Å². The molecule has 1 heterocycles. The molecule has 0 radical (unpaired) electrons. The minimum Gasteiger partial charge on any atom is -0.350 e. The largest absolute Gasteiger partial charge is 0.350 e. The highest BCUT2D eigenvalue weighted by Gasteiger charge is 2.36. The number of nitrogens with one attached hydrogen (secondary N) is 2. The van der Waals surface area contributed by atoms with E-state index in [1.54, 1.807) is 0 Å². The zero-order valence-corrected chi connectivity index (χ0v) is 13.3. The summed E-state index contributed by atoms with van der Waals surface area (Å²) in [5, 5.41) is 9.31. The van der Waals surface area contributed by atoms with Gasteiger partial charge in [-0.25, -0.2) is 8.42 Å². The number of hydrogen-bond donors (Lipinski definition) is 2. The van der Waals surface area contributed by atoms with Gasteiger partial charge in [0.2, 0.25) is 0 Å². The van der Waals surface area contributed by atoms with E-state index in [-0.39, 0.29) is 16.5 Å². The molecule has 1 unspecified atom stereocenters. The molecule has 6 nitrogen and oxygen atoms in total. The fraction of sp³-hybridized carbons (Fsp3) is 0.692. The molecule has 1 atom stereocenters. The number of H-pyrrole nitrogens is 1. The first-order valence-corrected chi connectivity index (χ1v) is 9.50. The third kappa shape index (κ3) is 3.23. The van der Waals surface area contributed by atoms with E-state index in [9.17, 15) is 13.2 Å². The van der Waals surface area contributed by atoms with Crippen molar-refractivity contribution >= 4 is 25.6 Å². The van der Waals surface area contributed by atoms with Crippen LogP contribution in [0.1, 0.15) is 54.7 Å². The van der Waals surface area contributed by atoms with Crippen LogP contribution in [0, 0.1) is 11.8 Å². The average molecular weight is 332 g/mol. The number of carbonyl (C=O) groups is 1. The van der Waals surface area contributed by atoms with Crippen LogP contribution in [-0.4, -0.2) is 31.1 Å². The van der Waals surface area contributed by atoms with Crippen LogP contribution in [-0.2, 0) is 9.05 Å². The molecular weight excluding hydrogens is 314 g/mol. The summed E-state index contributed by atoms with van der Waals surface area (Å²) < 4.78 is 23.5. The first kappa shape index (κ1) is 14.8. The van der Waals surface area contributed by atoms with Gasteiger partial charge in [-0.15, -0.1) is 0 Å². The van der Waals surface area contributed by atoms with Gasteiger partial charge in [-0.2, -0.15) is 5.10 Å². The average Bonchev–Trinajstić information content (AvgIpc) is 3.31. The number of carbonyl (C=O) groups excluding carboxylic acids is 1. The van der Waals surface area contributed by atoms with E-state index < -0.39 is 15.0 Å². The van der Waals surface area contributed by atoms with Crippen LogP contribution in [0.25, 0.3) is 0 Å². The molecular formula is C13H18ClN3O3S. The molecule has 8 heteroatoms. The number of rotatable bonds is 6. The van der Waals surface area contributed by atoms with Gasteiger partial charge >= 0.3 is 0 Å². The fourth-order valence-corrected chi connectivity index (χ4v) is 3.88. The maximum absolute atomic E-state index is 12.2. The van der Waals surface area contributed by atoms with E-state index in [2.05, 4.69) is 22.4 Å². The topological polar surface area (TPSA) is 91.9 Å².